The van der Waals surface area contributed by atoms with Crippen molar-refractivity contribution in [3.63, 3.8) is 0 Å². The van der Waals surface area contributed by atoms with Gasteiger partial charge < -0.3 is 10.2 Å². The van der Waals surface area contributed by atoms with Gasteiger partial charge in [0.05, 0.1) is 12.2 Å². The van der Waals surface area contributed by atoms with Gasteiger partial charge in [0.25, 0.3) is 0 Å². The summed E-state index contributed by atoms with van der Waals surface area (Å²) in [6.45, 7) is -0.257. The smallest absolute Gasteiger partial charge is 0.336 e. The number of carboxylic acids is 1. The average molecular weight is 202 g/mol. The summed E-state index contributed by atoms with van der Waals surface area (Å²) >= 11 is 0. The first-order valence-corrected chi connectivity index (χ1v) is 4.59. The molecule has 76 valence electrons. The molecule has 0 fully saturated rings. The number of fused-ring (bicyclic) bond motifs is 1. The van der Waals surface area contributed by atoms with E-state index in [-0.39, 0.29) is 12.2 Å². The lowest BCUT2D eigenvalue weighted by Crippen LogP contribution is -2.03. The van der Waals surface area contributed by atoms with Gasteiger partial charge in [-0.15, -0.1) is 0 Å². The second-order valence-electron chi connectivity index (χ2n) is 3.28. The van der Waals surface area contributed by atoms with Crippen LogP contribution < -0.4 is 0 Å². The minimum Gasteiger partial charge on any atom is -0.478 e. The van der Waals surface area contributed by atoms with Gasteiger partial charge in [0, 0.05) is 0 Å². The van der Waals surface area contributed by atoms with Crippen LogP contribution in [0.2, 0.25) is 0 Å². The zero-order valence-electron chi connectivity index (χ0n) is 7.97. The van der Waals surface area contributed by atoms with E-state index >= 15 is 0 Å². The van der Waals surface area contributed by atoms with Crippen LogP contribution in [0.3, 0.4) is 0 Å². The molecule has 2 N–H and O–H groups in total. The molecule has 2 aromatic rings. The minimum absolute atomic E-state index is 0.190. The summed E-state index contributed by atoms with van der Waals surface area (Å²) in [6.07, 6.45) is 0. The topological polar surface area (TPSA) is 57.5 Å². The van der Waals surface area contributed by atoms with Gasteiger partial charge in [0.2, 0.25) is 0 Å². The molecule has 0 saturated carbocycles. The van der Waals surface area contributed by atoms with Gasteiger partial charge in [0.1, 0.15) is 0 Å². The largest absolute Gasteiger partial charge is 0.478 e. The molecule has 3 nitrogen and oxygen atoms in total. The Morgan fingerprint density at radius 2 is 1.87 bits per heavy atom. The minimum atomic E-state index is -1.00. The van der Waals surface area contributed by atoms with Crippen molar-refractivity contribution < 1.29 is 15.0 Å². The second-order valence-corrected chi connectivity index (χ2v) is 3.28. The Morgan fingerprint density at radius 3 is 2.53 bits per heavy atom. The van der Waals surface area contributed by atoms with Crippen molar-refractivity contribution in [2.75, 3.05) is 0 Å². The molecule has 0 unspecified atom stereocenters. The third-order valence-corrected chi connectivity index (χ3v) is 2.40. The quantitative estimate of drug-likeness (QED) is 0.783. The van der Waals surface area contributed by atoms with Crippen LogP contribution in [0.5, 0.6) is 0 Å². The van der Waals surface area contributed by atoms with E-state index in [0.29, 0.717) is 10.9 Å². The molecule has 2 rings (SSSR count). The number of aromatic carboxylic acids is 1. The lowest BCUT2D eigenvalue weighted by Gasteiger charge is -2.06. The third-order valence-electron chi connectivity index (χ3n) is 2.40. The molecule has 0 saturated heterocycles. The van der Waals surface area contributed by atoms with Gasteiger partial charge in [-0.3, -0.25) is 0 Å². The molecule has 0 spiro atoms. The van der Waals surface area contributed by atoms with Crippen molar-refractivity contribution in [3.8, 4) is 0 Å². The van der Waals surface area contributed by atoms with E-state index in [0.717, 1.165) is 5.39 Å². The number of aliphatic hydroxyl groups excluding tert-OH is 1. The molecule has 15 heavy (non-hydrogen) atoms. The first-order chi connectivity index (χ1) is 7.24. The van der Waals surface area contributed by atoms with Gasteiger partial charge in [-0.1, -0.05) is 36.4 Å². The van der Waals surface area contributed by atoms with E-state index < -0.39 is 5.97 Å². The highest BCUT2D eigenvalue weighted by atomic mass is 16.4. The number of hydrogen-bond donors (Lipinski definition) is 2. The van der Waals surface area contributed by atoms with Crippen molar-refractivity contribution in [3.05, 3.63) is 47.5 Å². The first kappa shape index (κ1) is 9.68. The van der Waals surface area contributed by atoms with Crippen molar-refractivity contribution >= 4 is 16.7 Å². The molecule has 0 heterocycles. The van der Waals surface area contributed by atoms with E-state index in [1.807, 2.05) is 18.2 Å². The Hall–Kier alpha value is -1.87. The van der Waals surface area contributed by atoms with Crippen LogP contribution in [0.1, 0.15) is 15.9 Å². The van der Waals surface area contributed by atoms with Crippen LogP contribution >= 0.6 is 0 Å². The number of benzene rings is 2. The van der Waals surface area contributed by atoms with E-state index in [9.17, 15) is 4.79 Å². The summed E-state index contributed by atoms with van der Waals surface area (Å²) in [5, 5.41) is 19.7. The third kappa shape index (κ3) is 1.57. The van der Waals surface area contributed by atoms with Crippen LogP contribution in [-0.4, -0.2) is 16.2 Å². The van der Waals surface area contributed by atoms with Gasteiger partial charge in [-0.05, 0) is 16.3 Å². The molecule has 0 aliphatic heterocycles. The van der Waals surface area contributed by atoms with Crippen molar-refractivity contribution in [1.29, 1.82) is 0 Å². The predicted molar refractivity (Wildman–Crippen MR) is 56.8 cm³/mol. The normalized spacial score (nSPS) is 10.5. The van der Waals surface area contributed by atoms with E-state index in [1.54, 1.807) is 18.2 Å². The van der Waals surface area contributed by atoms with E-state index in [1.165, 1.54) is 0 Å². The highest BCUT2D eigenvalue weighted by Crippen LogP contribution is 2.22. The summed E-state index contributed by atoms with van der Waals surface area (Å²) < 4.78 is 0. The molecule has 3 heteroatoms. The fourth-order valence-electron chi connectivity index (χ4n) is 1.70. The predicted octanol–water partition coefficient (Wildman–Crippen LogP) is 2.03. The summed E-state index contributed by atoms with van der Waals surface area (Å²) in [7, 11) is 0. The molecular weight excluding hydrogens is 192 g/mol. The molecule has 0 aliphatic rings. The average Bonchev–Trinajstić information content (AvgIpc) is 2.27. The van der Waals surface area contributed by atoms with Crippen LogP contribution in [0.15, 0.2) is 36.4 Å². The summed E-state index contributed by atoms with van der Waals surface area (Å²) in [5.74, 6) is -1.00. The molecule has 0 bridgehead atoms. The number of hydrogen-bond acceptors (Lipinski definition) is 2. The number of aliphatic hydroxyl groups is 1. The Bertz CT molecular complexity index is 517. The van der Waals surface area contributed by atoms with Gasteiger partial charge in [0.15, 0.2) is 0 Å². The monoisotopic (exact) mass is 202 g/mol. The fourth-order valence-corrected chi connectivity index (χ4v) is 1.70. The lowest BCUT2D eigenvalue weighted by atomic mass is 9.99. The van der Waals surface area contributed by atoms with Crippen LogP contribution in [0, 0.1) is 0 Å². The van der Waals surface area contributed by atoms with Gasteiger partial charge >= 0.3 is 5.97 Å². The van der Waals surface area contributed by atoms with Crippen molar-refractivity contribution in [2.24, 2.45) is 0 Å². The molecule has 0 aliphatic carbocycles. The maximum absolute atomic E-state index is 11.1. The zero-order valence-corrected chi connectivity index (χ0v) is 7.97. The summed E-state index contributed by atoms with van der Waals surface area (Å²) in [4.78, 5) is 11.1. The van der Waals surface area contributed by atoms with Crippen molar-refractivity contribution in [2.45, 2.75) is 6.61 Å². The zero-order chi connectivity index (χ0) is 10.8. The molecular formula is C12H10O3. The highest BCUT2D eigenvalue weighted by molar-refractivity contribution is 6.04. The van der Waals surface area contributed by atoms with Crippen molar-refractivity contribution in [1.82, 2.24) is 0 Å². The van der Waals surface area contributed by atoms with Gasteiger partial charge in [-0.2, -0.15) is 0 Å². The lowest BCUT2D eigenvalue weighted by molar-refractivity contribution is 0.0695. The van der Waals surface area contributed by atoms with E-state index in [2.05, 4.69) is 0 Å². The summed E-state index contributed by atoms with van der Waals surface area (Å²) in [6, 6.07) is 10.7. The SMILES string of the molecule is O=C(O)c1c(CO)ccc2ccccc12. The number of carboxylic acid groups (broad SMARTS) is 1. The van der Waals surface area contributed by atoms with Crippen LogP contribution in [-0.2, 0) is 6.61 Å². The fraction of sp³-hybridized carbons (Fsp3) is 0.0833. The standard InChI is InChI=1S/C12H10O3/c13-7-9-6-5-8-3-1-2-4-10(8)11(9)12(14)15/h1-6,13H,7H2,(H,14,15). The second kappa shape index (κ2) is 3.71. The number of carbonyl (C=O) groups is 1. The molecule has 0 aromatic heterocycles. The Morgan fingerprint density at radius 1 is 1.13 bits per heavy atom. The number of rotatable bonds is 2. The molecule has 0 radical (unpaired) electrons. The molecule has 0 atom stereocenters. The Labute approximate surface area is 86.6 Å². The highest BCUT2D eigenvalue weighted by Gasteiger charge is 2.12. The van der Waals surface area contributed by atoms with Crippen LogP contribution in [0.25, 0.3) is 10.8 Å². The Balaban J connectivity index is 2.85. The molecule has 2 aromatic carbocycles. The molecule has 0 amide bonds. The Kier molecular flexibility index (Phi) is 2.39. The van der Waals surface area contributed by atoms with E-state index in [4.69, 9.17) is 10.2 Å². The summed E-state index contributed by atoms with van der Waals surface area (Å²) in [5.41, 5.74) is 0.636. The van der Waals surface area contributed by atoms with Gasteiger partial charge in [-0.25, -0.2) is 4.79 Å². The van der Waals surface area contributed by atoms with Crippen LogP contribution in [0.4, 0.5) is 0 Å². The maximum Gasteiger partial charge on any atom is 0.336 e. The maximum atomic E-state index is 11.1. The first-order valence-electron chi connectivity index (χ1n) is 4.59.